The first-order chi connectivity index (χ1) is 24.9. The van der Waals surface area contributed by atoms with Gasteiger partial charge in [0, 0.05) is 32.5 Å². The van der Waals surface area contributed by atoms with Crippen molar-refractivity contribution in [2.24, 2.45) is 5.92 Å². The first kappa shape index (κ1) is 37.4. The van der Waals surface area contributed by atoms with Crippen molar-refractivity contribution in [3.05, 3.63) is 53.6 Å². The molecule has 2 aliphatic carbocycles. The molecule has 1 saturated heterocycles. The van der Waals surface area contributed by atoms with E-state index in [0.717, 1.165) is 42.4 Å². The lowest BCUT2D eigenvalue weighted by Crippen LogP contribution is -2.58. The summed E-state index contributed by atoms with van der Waals surface area (Å²) in [7, 11) is -2.22. The van der Waals surface area contributed by atoms with Crippen LogP contribution in [-0.2, 0) is 42.2 Å². The predicted molar refractivity (Wildman–Crippen MR) is 193 cm³/mol. The Labute approximate surface area is 305 Å². The number of ether oxygens (including phenoxy) is 1. The minimum atomic E-state index is -3.90. The monoisotopic (exact) mass is 738 g/mol. The minimum Gasteiger partial charge on any atom is -0.444 e. The molecular weight excluding hydrogens is 689 g/mol. The molecule has 5 aliphatic rings. The van der Waals surface area contributed by atoms with Gasteiger partial charge < -0.3 is 25.2 Å². The predicted octanol–water partition coefficient (Wildman–Crippen LogP) is 3.17. The van der Waals surface area contributed by atoms with E-state index >= 15 is 0 Å². The van der Waals surface area contributed by atoms with Crippen molar-refractivity contribution < 1.29 is 37.1 Å². The number of allylic oxidation sites excluding steroid dienone is 1. The number of carbonyl (C=O) groups excluding carboxylic acids is 5. The fourth-order valence-electron chi connectivity index (χ4n) is 7.39. The van der Waals surface area contributed by atoms with Gasteiger partial charge in [0.2, 0.25) is 21.8 Å². The molecule has 282 valence electrons. The van der Waals surface area contributed by atoms with Crippen LogP contribution < -0.4 is 15.4 Å². The lowest BCUT2D eigenvalue weighted by molar-refractivity contribution is -0.141. The Kier molecular flexibility index (Phi) is 11.0. The number of hydrogen-bond acceptors (Lipinski definition) is 8. The number of rotatable bonds is 9. The van der Waals surface area contributed by atoms with Gasteiger partial charge in [-0.2, -0.15) is 0 Å². The lowest BCUT2D eigenvalue weighted by Gasteiger charge is -2.30. The highest BCUT2D eigenvalue weighted by Gasteiger charge is 2.62. The maximum atomic E-state index is 14.4. The van der Waals surface area contributed by atoms with Crippen LogP contribution in [0.25, 0.3) is 6.08 Å². The minimum absolute atomic E-state index is 0.0523. The molecular formula is C37H50N6O8S. The van der Waals surface area contributed by atoms with Gasteiger partial charge in [0.1, 0.15) is 23.7 Å². The van der Waals surface area contributed by atoms with Crippen molar-refractivity contribution in [3.63, 3.8) is 0 Å². The highest BCUT2D eigenvalue weighted by Crippen LogP contribution is 2.45. The molecule has 14 nitrogen and oxygen atoms in total. The van der Waals surface area contributed by atoms with E-state index in [0.29, 0.717) is 45.3 Å². The van der Waals surface area contributed by atoms with E-state index in [4.69, 9.17) is 4.74 Å². The molecule has 1 aromatic carbocycles. The van der Waals surface area contributed by atoms with E-state index in [1.165, 1.54) is 11.0 Å². The largest absolute Gasteiger partial charge is 0.444 e. The van der Waals surface area contributed by atoms with Gasteiger partial charge in [0.15, 0.2) is 0 Å². The van der Waals surface area contributed by atoms with Crippen LogP contribution in [0.4, 0.5) is 9.59 Å². The van der Waals surface area contributed by atoms with Crippen LogP contribution in [0.1, 0.15) is 87.8 Å². The standard InChI is InChI=1S/C37H50N6O8S/c1-4-6-15-30-33(45)43-22-27(19-31(43)32(44)39-37(20-26(37)5-2)34(46)40-52(49,50)28-16-17-28)51-36(48)42-21-25-14-11-13-24(29(25)23-42)12-9-7-8-10-18-41(3)35(47)38-30/h5,9,11-14,26-28,30-31H,2,4,6-8,10,15-23H2,1,3H3,(H,38,47)(H,39,44)(H,40,46)/b12-9+/t26-,27-,30+,31+,37+/m1/s1. The molecule has 0 aromatic heterocycles. The molecule has 1 aromatic rings. The third-order valence-electron chi connectivity index (χ3n) is 10.8. The topological polar surface area (TPSA) is 175 Å². The smallest absolute Gasteiger partial charge is 0.410 e. The molecule has 2 saturated carbocycles. The molecule has 52 heavy (non-hydrogen) atoms. The first-order valence-corrected chi connectivity index (χ1v) is 20.0. The fraction of sp³-hybridized carbons (Fsp3) is 0.595. The number of nitrogens with one attached hydrogen (secondary N) is 3. The van der Waals surface area contributed by atoms with Crippen LogP contribution >= 0.6 is 0 Å². The van der Waals surface area contributed by atoms with E-state index in [1.54, 1.807) is 16.8 Å². The highest BCUT2D eigenvalue weighted by molar-refractivity contribution is 7.91. The summed E-state index contributed by atoms with van der Waals surface area (Å²) < 4.78 is 33.4. The zero-order valence-corrected chi connectivity index (χ0v) is 30.8. The highest BCUT2D eigenvalue weighted by atomic mass is 32.2. The lowest BCUT2D eigenvalue weighted by atomic mass is 10.0. The average molecular weight is 739 g/mol. The number of fused-ring (bicyclic) bond motifs is 3. The van der Waals surface area contributed by atoms with Crippen molar-refractivity contribution in [1.82, 2.24) is 30.1 Å². The van der Waals surface area contributed by atoms with Crippen LogP contribution in [0.3, 0.4) is 0 Å². The Balaban J connectivity index is 1.27. The van der Waals surface area contributed by atoms with Crippen molar-refractivity contribution in [1.29, 1.82) is 0 Å². The van der Waals surface area contributed by atoms with Crippen molar-refractivity contribution in [3.8, 4) is 0 Å². The van der Waals surface area contributed by atoms with E-state index in [-0.39, 0.29) is 19.4 Å². The Morgan fingerprint density at radius 2 is 1.94 bits per heavy atom. The van der Waals surface area contributed by atoms with E-state index in [2.05, 4.69) is 34.1 Å². The normalized spacial score (nSPS) is 28.8. The summed E-state index contributed by atoms with van der Waals surface area (Å²) in [4.78, 5) is 73.4. The average Bonchev–Trinajstić information content (AvgIpc) is 4.01. The number of sulfonamides is 1. The third kappa shape index (κ3) is 7.98. The summed E-state index contributed by atoms with van der Waals surface area (Å²) in [6.45, 7) is 6.83. The van der Waals surface area contributed by atoms with Gasteiger partial charge in [-0.25, -0.2) is 18.0 Å². The number of urea groups is 1. The summed E-state index contributed by atoms with van der Waals surface area (Å²) in [5.74, 6) is -2.56. The summed E-state index contributed by atoms with van der Waals surface area (Å²) in [5, 5.41) is 5.00. The zero-order valence-electron chi connectivity index (χ0n) is 30.0. The van der Waals surface area contributed by atoms with Gasteiger partial charge >= 0.3 is 12.1 Å². The number of benzene rings is 1. The molecule has 0 spiro atoms. The van der Waals surface area contributed by atoms with Crippen molar-refractivity contribution >= 4 is 45.9 Å². The van der Waals surface area contributed by atoms with Gasteiger partial charge in [0.05, 0.1) is 18.3 Å². The third-order valence-corrected chi connectivity index (χ3v) is 12.7. The quantitative estimate of drug-likeness (QED) is 0.324. The molecule has 3 N–H and O–H groups in total. The van der Waals surface area contributed by atoms with Gasteiger partial charge in [-0.1, -0.05) is 56.2 Å². The Bertz CT molecular complexity index is 1740. The van der Waals surface area contributed by atoms with Crippen molar-refractivity contribution in [2.75, 3.05) is 20.1 Å². The van der Waals surface area contributed by atoms with Crippen LogP contribution in [0, 0.1) is 5.92 Å². The molecule has 3 aliphatic heterocycles. The number of amides is 6. The molecule has 4 bridgehead atoms. The van der Waals surface area contributed by atoms with Gasteiger partial charge in [0.25, 0.3) is 5.91 Å². The van der Waals surface area contributed by atoms with Crippen LogP contribution in [0.2, 0.25) is 0 Å². The number of unbranched alkanes of at least 4 members (excludes halogenated alkanes) is 1. The van der Waals surface area contributed by atoms with Crippen LogP contribution in [0.15, 0.2) is 36.9 Å². The van der Waals surface area contributed by atoms with Gasteiger partial charge in [-0.05, 0) is 61.6 Å². The number of carbonyl (C=O) groups is 5. The fourth-order valence-corrected chi connectivity index (χ4v) is 8.76. The molecule has 0 unspecified atom stereocenters. The molecule has 0 radical (unpaired) electrons. The maximum absolute atomic E-state index is 14.4. The van der Waals surface area contributed by atoms with E-state index in [1.807, 2.05) is 25.1 Å². The Hall–Kier alpha value is -4.40. The summed E-state index contributed by atoms with van der Waals surface area (Å²) in [5.41, 5.74) is 1.52. The van der Waals surface area contributed by atoms with Crippen LogP contribution in [-0.4, -0.2) is 102 Å². The first-order valence-electron chi connectivity index (χ1n) is 18.4. The van der Waals surface area contributed by atoms with E-state index < -0.39 is 74.8 Å². The second kappa shape index (κ2) is 15.3. The molecule has 6 amide bonds. The van der Waals surface area contributed by atoms with Crippen molar-refractivity contribution in [2.45, 2.75) is 113 Å². The molecule has 15 heteroatoms. The number of hydrogen-bond donors (Lipinski definition) is 3. The zero-order chi connectivity index (χ0) is 37.2. The molecule has 6 rings (SSSR count). The summed E-state index contributed by atoms with van der Waals surface area (Å²) in [6.07, 6.45) is 9.37. The van der Waals surface area contributed by atoms with Crippen LogP contribution in [0.5, 0.6) is 0 Å². The van der Waals surface area contributed by atoms with Gasteiger partial charge in [-0.3, -0.25) is 24.0 Å². The molecule has 3 heterocycles. The maximum Gasteiger partial charge on any atom is 0.410 e. The summed E-state index contributed by atoms with van der Waals surface area (Å²) >= 11 is 0. The second-order valence-corrected chi connectivity index (χ2v) is 16.7. The summed E-state index contributed by atoms with van der Waals surface area (Å²) in [6, 6.07) is 3.42. The van der Waals surface area contributed by atoms with E-state index in [9.17, 15) is 32.4 Å². The Morgan fingerprint density at radius 3 is 2.65 bits per heavy atom. The van der Waals surface area contributed by atoms with Gasteiger partial charge in [-0.15, -0.1) is 6.58 Å². The number of nitrogens with zero attached hydrogens (tertiary/aromatic N) is 3. The second-order valence-electron chi connectivity index (χ2n) is 14.7. The SMILES string of the molecule is C=C[C@@H]1C[C@@]1(NC(=O)[C@@H]1C[C@@H]2CN1C(=O)[C@H](CCCC)NC(=O)N(C)CCCC/C=C/c1cccc3c1CN(C3)C(=O)O2)C(=O)NS(=O)(=O)C1CC1. The molecule has 5 atom stereocenters. The Morgan fingerprint density at radius 1 is 1.15 bits per heavy atom. The molecule has 3 fully saturated rings.